The highest BCUT2D eigenvalue weighted by atomic mass is 32.1. The van der Waals surface area contributed by atoms with Gasteiger partial charge in [-0.25, -0.2) is 4.98 Å². The molecule has 3 nitrogen and oxygen atoms in total. The minimum Gasteiger partial charge on any atom is -0.369 e. The van der Waals surface area contributed by atoms with E-state index in [1.807, 2.05) is 0 Å². The van der Waals surface area contributed by atoms with Crippen LogP contribution in [0.2, 0.25) is 0 Å². The summed E-state index contributed by atoms with van der Waals surface area (Å²) >= 11 is 1.75. The molecule has 20 heavy (non-hydrogen) atoms. The Hall–Kier alpha value is -0.450. The summed E-state index contributed by atoms with van der Waals surface area (Å²) in [6, 6.07) is 0. The molecule has 0 aromatic carbocycles. The van der Waals surface area contributed by atoms with E-state index in [0.717, 1.165) is 26.1 Å². The average molecular weight is 294 g/mol. The van der Waals surface area contributed by atoms with Crippen LogP contribution in [0.1, 0.15) is 50.7 Å². The van der Waals surface area contributed by atoms with Crippen molar-refractivity contribution in [1.29, 1.82) is 0 Å². The van der Waals surface area contributed by atoms with Gasteiger partial charge in [-0.15, -0.1) is 11.3 Å². The van der Waals surface area contributed by atoms with Crippen molar-refractivity contribution in [3.05, 3.63) is 16.1 Å². The molecule has 4 heteroatoms. The van der Waals surface area contributed by atoms with Gasteiger partial charge in [-0.2, -0.15) is 0 Å². The molecule has 0 radical (unpaired) electrons. The number of rotatable bonds is 2. The third-order valence-electron chi connectivity index (χ3n) is 4.92. The number of nitrogens with zero attached hydrogens (tertiary/aromatic N) is 2. The first-order valence-electron chi connectivity index (χ1n) is 7.70. The van der Waals surface area contributed by atoms with Crippen molar-refractivity contribution in [3.8, 4) is 0 Å². The number of piperidine rings is 1. The summed E-state index contributed by atoms with van der Waals surface area (Å²) in [7, 11) is 0. The number of aromatic nitrogens is 1. The average Bonchev–Trinajstić information content (AvgIpc) is 2.74. The Balaban J connectivity index is 1.64. The van der Waals surface area contributed by atoms with E-state index in [0.29, 0.717) is 5.92 Å². The zero-order valence-electron chi connectivity index (χ0n) is 13.1. The summed E-state index contributed by atoms with van der Waals surface area (Å²) < 4.78 is 6.43. The van der Waals surface area contributed by atoms with Crippen LogP contribution in [0.15, 0.2) is 5.38 Å². The summed E-state index contributed by atoms with van der Waals surface area (Å²) in [4.78, 5) is 7.15. The lowest BCUT2D eigenvalue weighted by Crippen LogP contribution is -2.57. The molecule has 3 heterocycles. The fourth-order valence-corrected chi connectivity index (χ4v) is 4.37. The van der Waals surface area contributed by atoms with Crippen LogP contribution in [0, 0.1) is 12.8 Å². The minimum absolute atomic E-state index is 0.0550. The molecule has 2 saturated heterocycles. The molecule has 0 bridgehead atoms. The number of hydrogen-bond acceptors (Lipinski definition) is 4. The first-order valence-corrected chi connectivity index (χ1v) is 8.58. The third-order valence-corrected chi connectivity index (χ3v) is 5.75. The molecule has 2 aliphatic heterocycles. The molecule has 1 aromatic rings. The number of ether oxygens (including phenoxy) is 1. The predicted molar refractivity (Wildman–Crippen MR) is 83.0 cm³/mol. The Morgan fingerprint density at radius 1 is 1.40 bits per heavy atom. The van der Waals surface area contributed by atoms with Gasteiger partial charge in [-0.3, -0.25) is 4.90 Å². The topological polar surface area (TPSA) is 25.4 Å². The summed E-state index contributed by atoms with van der Waals surface area (Å²) in [6.07, 6.45) is 3.61. The van der Waals surface area contributed by atoms with Crippen molar-refractivity contribution in [3.63, 3.8) is 0 Å². The molecule has 2 atom stereocenters. The maximum Gasteiger partial charge on any atom is 0.0897 e. The molecule has 3 rings (SSSR count). The maximum absolute atomic E-state index is 6.43. The maximum atomic E-state index is 6.43. The van der Waals surface area contributed by atoms with Gasteiger partial charge in [-0.05, 0) is 47.0 Å². The first-order chi connectivity index (χ1) is 9.36. The first kappa shape index (κ1) is 14.5. The van der Waals surface area contributed by atoms with Gasteiger partial charge in [0.1, 0.15) is 0 Å². The molecule has 2 fully saturated rings. The summed E-state index contributed by atoms with van der Waals surface area (Å²) in [5, 5.41) is 3.37. The molecule has 0 aliphatic carbocycles. The van der Waals surface area contributed by atoms with Crippen LogP contribution in [-0.4, -0.2) is 34.2 Å². The Kier molecular flexibility index (Phi) is 3.68. The van der Waals surface area contributed by atoms with Crippen LogP contribution in [-0.2, 0) is 11.3 Å². The second-order valence-electron chi connectivity index (χ2n) is 7.25. The van der Waals surface area contributed by atoms with E-state index in [4.69, 9.17) is 4.74 Å². The number of likely N-dealkylation sites (tertiary alicyclic amines) is 1. The van der Waals surface area contributed by atoms with Crippen molar-refractivity contribution in [2.45, 2.75) is 64.7 Å². The Bertz CT molecular complexity index is 485. The van der Waals surface area contributed by atoms with Crippen LogP contribution in [0.3, 0.4) is 0 Å². The molecule has 0 amide bonds. The van der Waals surface area contributed by atoms with Crippen molar-refractivity contribution >= 4 is 11.3 Å². The Morgan fingerprint density at radius 2 is 2.20 bits per heavy atom. The van der Waals surface area contributed by atoms with Crippen molar-refractivity contribution in [2.24, 2.45) is 5.92 Å². The van der Waals surface area contributed by atoms with Gasteiger partial charge in [0.25, 0.3) is 0 Å². The fraction of sp³-hybridized carbons (Fsp3) is 0.812. The van der Waals surface area contributed by atoms with Gasteiger partial charge in [0.2, 0.25) is 0 Å². The molecule has 0 N–H and O–H groups in total. The number of hydrogen-bond donors (Lipinski definition) is 0. The standard InChI is InChI=1S/C16H26N2OS/c1-12-17-14(11-20-12)10-18-8-7-16(4)13(9-18)5-6-15(2,3)19-16/h11,13H,5-10H2,1-4H3/t13-,16+/m0/s1. The van der Waals surface area contributed by atoms with Crippen LogP contribution in [0.25, 0.3) is 0 Å². The number of aryl methyl sites for hydroxylation is 1. The number of thiazole rings is 1. The molecule has 0 unspecified atom stereocenters. The van der Waals surface area contributed by atoms with E-state index in [1.165, 1.54) is 23.5 Å². The highest BCUT2D eigenvalue weighted by Gasteiger charge is 2.47. The Labute approximate surface area is 126 Å². The van der Waals surface area contributed by atoms with Crippen LogP contribution in [0.4, 0.5) is 0 Å². The highest BCUT2D eigenvalue weighted by molar-refractivity contribution is 7.09. The number of fused-ring (bicyclic) bond motifs is 1. The lowest BCUT2D eigenvalue weighted by molar-refractivity contribution is -0.214. The van der Waals surface area contributed by atoms with Gasteiger partial charge in [0, 0.05) is 30.9 Å². The van der Waals surface area contributed by atoms with Crippen LogP contribution in [0.5, 0.6) is 0 Å². The van der Waals surface area contributed by atoms with E-state index in [-0.39, 0.29) is 11.2 Å². The fourth-order valence-electron chi connectivity index (χ4n) is 3.77. The van der Waals surface area contributed by atoms with E-state index in [9.17, 15) is 0 Å². The summed E-state index contributed by atoms with van der Waals surface area (Å²) in [5.74, 6) is 0.670. The SMILES string of the molecule is Cc1nc(CN2CC[C@@]3(C)OC(C)(C)CC[C@H]3C2)cs1. The monoisotopic (exact) mass is 294 g/mol. The van der Waals surface area contributed by atoms with Crippen LogP contribution < -0.4 is 0 Å². The van der Waals surface area contributed by atoms with Gasteiger partial charge >= 0.3 is 0 Å². The third kappa shape index (κ3) is 2.92. The smallest absolute Gasteiger partial charge is 0.0897 e. The molecule has 112 valence electrons. The quantitative estimate of drug-likeness (QED) is 0.833. The normalized spacial score (nSPS) is 33.9. The van der Waals surface area contributed by atoms with E-state index < -0.39 is 0 Å². The molecular weight excluding hydrogens is 268 g/mol. The molecule has 2 aliphatic rings. The van der Waals surface area contributed by atoms with E-state index in [1.54, 1.807) is 11.3 Å². The second-order valence-corrected chi connectivity index (χ2v) is 8.32. The highest BCUT2D eigenvalue weighted by Crippen LogP contribution is 2.44. The lowest BCUT2D eigenvalue weighted by Gasteiger charge is -2.53. The zero-order chi connectivity index (χ0) is 14.4. The van der Waals surface area contributed by atoms with E-state index >= 15 is 0 Å². The van der Waals surface area contributed by atoms with Gasteiger partial charge in [0.05, 0.1) is 21.9 Å². The molecule has 0 saturated carbocycles. The summed E-state index contributed by atoms with van der Waals surface area (Å²) in [6.45, 7) is 12.2. The molecule has 0 spiro atoms. The molecular formula is C16H26N2OS. The lowest BCUT2D eigenvalue weighted by atomic mass is 9.74. The largest absolute Gasteiger partial charge is 0.369 e. The Morgan fingerprint density at radius 3 is 2.90 bits per heavy atom. The predicted octanol–water partition coefficient (Wildman–Crippen LogP) is 3.62. The minimum atomic E-state index is 0.0550. The zero-order valence-corrected chi connectivity index (χ0v) is 13.9. The van der Waals surface area contributed by atoms with Crippen molar-refractivity contribution < 1.29 is 4.74 Å². The molecule has 1 aromatic heterocycles. The van der Waals surface area contributed by atoms with Crippen molar-refractivity contribution in [2.75, 3.05) is 13.1 Å². The van der Waals surface area contributed by atoms with Crippen LogP contribution >= 0.6 is 11.3 Å². The van der Waals surface area contributed by atoms with Gasteiger partial charge in [-0.1, -0.05) is 0 Å². The van der Waals surface area contributed by atoms with Gasteiger partial charge in [0.15, 0.2) is 0 Å². The van der Waals surface area contributed by atoms with Crippen molar-refractivity contribution in [1.82, 2.24) is 9.88 Å². The van der Waals surface area contributed by atoms with E-state index in [2.05, 4.69) is 43.0 Å². The second kappa shape index (κ2) is 5.08. The summed E-state index contributed by atoms with van der Waals surface area (Å²) in [5.41, 5.74) is 1.36. The van der Waals surface area contributed by atoms with Gasteiger partial charge < -0.3 is 4.74 Å².